The number of benzene rings is 2. The van der Waals surface area contributed by atoms with E-state index in [1.54, 1.807) is 18.9 Å². The van der Waals surface area contributed by atoms with E-state index in [2.05, 4.69) is 17.2 Å². The molecule has 27 heavy (non-hydrogen) atoms. The van der Waals surface area contributed by atoms with Crippen molar-refractivity contribution in [3.63, 3.8) is 0 Å². The SMILES string of the molecule is C=CCc1ccccc1OCCn1c(CN(C)C(C)=O)nc2ccccc21. The number of fused-ring (bicyclic) bond motifs is 1. The van der Waals surface area contributed by atoms with Gasteiger partial charge >= 0.3 is 0 Å². The molecule has 1 amide bonds. The van der Waals surface area contributed by atoms with E-state index in [0.29, 0.717) is 19.7 Å². The summed E-state index contributed by atoms with van der Waals surface area (Å²) in [5.74, 6) is 1.75. The van der Waals surface area contributed by atoms with Gasteiger partial charge in [0.1, 0.15) is 18.2 Å². The fourth-order valence-electron chi connectivity index (χ4n) is 3.03. The van der Waals surface area contributed by atoms with E-state index < -0.39 is 0 Å². The molecule has 0 spiro atoms. The molecule has 3 rings (SSSR count). The minimum Gasteiger partial charge on any atom is -0.491 e. The van der Waals surface area contributed by atoms with Crippen molar-refractivity contribution >= 4 is 16.9 Å². The predicted molar refractivity (Wildman–Crippen MR) is 108 cm³/mol. The fourth-order valence-corrected chi connectivity index (χ4v) is 3.03. The van der Waals surface area contributed by atoms with Gasteiger partial charge < -0.3 is 14.2 Å². The number of ether oxygens (including phenoxy) is 1. The molecule has 0 fully saturated rings. The minimum absolute atomic E-state index is 0.0169. The quantitative estimate of drug-likeness (QED) is 0.572. The van der Waals surface area contributed by atoms with Gasteiger partial charge in [-0.15, -0.1) is 6.58 Å². The average molecular weight is 363 g/mol. The summed E-state index contributed by atoms with van der Waals surface area (Å²) in [6.07, 6.45) is 2.65. The molecule has 2 aromatic carbocycles. The van der Waals surface area contributed by atoms with Gasteiger partial charge in [-0.3, -0.25) is 4.79 Å². The lowest BCUT2D eigenvalue weighted by atomic mass is 10.1. The van der Waals surface area contributed by atoms with Crippen molar-refractivity contribution in [2.24, 2.45) is 0 Å². The number of carbonyl (C=O) groups is 1. The van der Waals surface area contributed by atoms with E-state index in [0.717, 1.165) is 34.6 Å². The number of aromatic nitrogens is 2. The van der Waals surface area contributed by atoms with Crippen LogP contribution in [0.5, 0.6) is 5.75 Å². The first-order valence-corrected chi connectivity index (χ1v) is 9.07. The summed E-state index contributed by atoms with van der Waals surface area (Å²) >= 11 is 0. The Morgan fingerprint density at radius 1 is 1.22 bits per heavy atom. The monoisotopic (exact) mass is 363 g/mol. The van der Waals surface area contributed by atoms with E-state index in [9.17, 15) is 4.79 Å². The summed E-state index contributed by atoms with van der Waals surface area (Å²) in [4.78, 5) is 18.0. The van der Waals surface area contributed by atoms with Crippen LogP contribution in [0.2, 0.25) is 0 Å². The van der Waals surface area contributed by atoms with Gasteiger partial charge in [0.05, 0.1) is 24.1 Å². The second-order valence-corrected chi connectivity index (χ2v) is 6.49. The maximum absolute atomic E-state index is 11.6. The van der Waals surface area contributed by atoms with Gasteiger partial charge in [-0.25, -0.2) is 4.98 Å². The van der Waals surface area contributed by atoms with E-state index in [-0.39, 0.29) is 5.91 Å². The van der Waals surface area contributed by atoms with Crippen molar-refractivity contribution in [3.8, 4) is 5.75 Å². The lowest BCUT2D eigenvalue weighted by Gasteiger charge is -2.17. The zero-order valence-corrected chi connectivity index (χ0v) is 15.9. The van der Waals surface area contributed by atoms with Crippen molar-refractivity contribution in [3.05, 3.63) is 72.6 Å². The molecule has 0 saturated heterocycles. The third kappa shape index (κ3) is 4.37. The highest BCUT2D eigenvalue weighted by Gasteiger charge is 2.14. The molecule has 1 heterocycles. The highest BCUT2D eigenvalue weighted by Crippen LogP contribution is 2.20. The average Bonchev–Trinajstić information content (AvgIpc) is 3.00. The molecule has 0 N–H and O–H groups in total. The van der Waals surface area contributed by atoms with Crippen molar-refractivity contribution in [1.82, 2.24) is 14.5 Å². The van der Waals surface area contributed by atoms with Crippen LogP contribution in [0.4, 0.5) is 0 Å². The van der Waals surface area contributed by atoms with Crippen LogP contribution in [0.1, 0.15) is 18.3 Å². The van der Waals surface area contributed by atoms with E-state index in [4.69, 9.17) is 9.72 Å². The van der Waals surface area contributed by atoms with E-state index >= 15 is 0 Å². The van der Waals surface area contributed by atoms with Crippen LogP contribution < -0.4 is 4.74 Å². The zero-order chi connectivity index (χ0) is 19.2. The van der Waals surface area contributed by atoms with Gasteiger partial charge in [-0.2, -0.15) is 0 Å². The van der Waals surface area contributed by atoms with Gasteiger partial charge in [-0.05, 0) is 30.2 Å². The number of amides is 1. The number of rotatable bonds is 8. The molecule has 5 heteroatoms. The van der Waals surface area contributed by atoms with Crippen molar-refractivity contribution in [2.75, 3.05) is 13.7 Å². The fraction of sp³-hybridized carbons (Fsp3) is 0.273. The largest absolute Gasteiger partial charge is 0.491 e. The molecule has 0 bridgehead atoms. The van der Waals surface area contributed by atoms with Crippen LogP contribution in [-0.4, -0.2) is 34.0 Å². The Morgan fingerprint density at radius 3 is 2.74 bits per heavy atom. The maximum atomic E-state index is 11.6. The van der Waals surface area contributed by atoms with Crippen molar-refractivity contribution < 1.29 is 9.53 Å². The number of allylic oxidation sites excluding steroid dienone is 1. The summed E-state index contributed by atoms with van der Waals surface area (Å²) in [6, 6.07) is 16.0. The van der Waals surface area contributed by atoms with Crippen molar-refractivity contribution in [2.45, 2.75) is 26.4 Å². The van der Waals surface area contributed by atoms with E-state index in [1.165, 1.54) is 0 Å². The Balaban J connectivity index is 1.79. The Hall–Kier alpha value is -3.08. The first-order valence-electron chi connectivity index (χ1n) is 9.07. The molecule has 0 aliphatic heterocycles. The van der Waals surface area contributed by atoms with Crippen LogP contribution in [0.15, 0.2) is 61.2 Å². The molecule has 0 atom stereocenters. The third-order valence-corrected chi connectivity index (χ3v) is 4.56. The zero-order valence-electron chi connectivity index (χ0n) is 15.9. The van der Waals surface area contributed by atoms with Gasteiger partial charge in [0.25, 0.3) is 0 Å². The van der Waals surface area contributed by atoms with Gasteiger partial charge in [0.2, 0.25) is 5.91 Å². The first-order chi connectivity index (χ1) is 13.1. The molecule has 0 unspecified atom stereocenters. The van der Waals surface area contributed by atoms with Crippen LogP contribution in [0, 0.1) is 0 Å². The van der Waals surface area contributed by atoms with Gasteiger partial charge in [0, 0.05) is 14.0 Å². The highest BCUT2D eigenvalue weighted by atomic mass is 16.5. The maximum Gasteiger partial charge on any atom is 0.219 e. The number of hydrogen-bond donors (Lipinski definition) is 0. The Labute approximate surface area is 159 Å². The van der Waals surface area contributed by atoms with Gasteiger partial charge in [0.15, 0.2) is 0 Å². The second kappa shape index (κ2) is 8.54. The smallest absolute Gasteiger partial charge is 0.219 e. The molecule has 0 aliphatic carbocycles. The van der Waals surface area contributed by atoms with Crippen LogP contribution in [-0.2, 0) is 24.3 Å². The molecule has 1 aromatic heterocycles. The van der Waals surface area contributed by atoms with Crippen molar-refractivity contribution in [1.29, 1.82) is 0 Å². The first kappa shape index (κ1) is 18.7. The summed E-state index contributed by atoms with van der Waals surface area (Å²) in [6.45, 7) is 7.01. The second-order valence-electron chi connectivity index (χ2n) is 6.49. The predicted octanol–water partition coefficient (Wildman–Crippen LogP) is 3.82. The molecule has 140 valence electrons. The number of carbonyl (C=O) groups excluding carboxylic acids is 1. The summed E-state index contributed by atoms with van der Waals surface area (Å²) < 4.78 is 8.17. The summed E-state index contributed by atoms with van der Waals surface area (Å²) in [7, 11) is 1.79. The molecule has 0 radical (unpaired) electrons. The minimum atomic E-state index is 0.0169. The Bertz CT molecular complexity index is 946. The number of nitrogens with zero attached hydrogens (tertiary/aromatic N) is 3. The number of imidazole rings is 1. The highest BCUT2D eigenvalue weighted by molar-refractivity contribution is 5.76. The third-order valence-electron chi connectivity index (χ3n) is 4.56. The topological polar surface area (TPSA) is 47.4 Å². The van der Waals surface area contributed by atoms with Crippen LogP contribution in [0.3, 0.4) is 0 Å². The summed E-state index contributed by atoms with van der Waals surface area (Å²) in [5.41, 5.74) is 3.10. The van der Waals surface area contributed by atoms with Gasteiger partial charge in [-0.1, -0.05) is 36.4 Å². The molecule has 0 saturated carbocycles. The lowest BCUT2D eigenvalue weighted by molar-refractivity contribution is -0.128. The Kier molecular flexibility index (Phi) is 5.91. The van der Waals surface area contributed by atoms with Crippen LogP contribution >= 0.6 is 0 Å². The number of para-hydroxylation sites is 3. The standard InChI is InChI=1S/C22H25N3O2/c1-4-9-18-10-5-8-13-21(18)27-15-14-25-20-12-7-6-11-19(20)23-22(25)16-24(3)17(2)26/h4-8,10-13H,1,9,14-16H2,2-3H3. The van der Waals surface area contributed by atoms with E-state index in [1.807, 2.05) is 48.5 Å². The van der Waals surface area contributed by atoms with Crippen LogP contribution in [0.25, 0.3) is 11.0 Å². The lowest BCUT2D eigenvalue weighted by Crippen LogP contribution is -2.25. The molecule has 5 nitrogen and oxygen atoms in total. The normalized spacial score (nSPS) is 10.7. The summed E-state index contributed by atoms with van der Waals surface area (Å²) in [5, 5.41) is 0. The number of hydrogen-bond acceptors (Lipinski definition) is 3. The molecule has 3 aromatic rings. The Morgan fingerprint density at radius 2 is 1.96 bits per heavy atom. The molecular formula is C22H25N3O2. The molecular weight excluding hydrogens is 338 g/mol. The molecule has 0 aliphatic rings.